The summed E-state index contributed by atoms with van der Waals surface area (Å²) in [6.45, 7) is 6.51. The molecule has 0 radical (unpaired) electrons. The maximum atomic E-state index is 12.9. The first-order valence-electron chi connectivity index (χ1n) is 7.82. The topological polar surface area (TPSA) is 83.9 Å². The van der Waals surface area contributed by atoms with Gasteiger partial charge in [0.1, 0.15) is 18.3 Å². The van der Waals surface area contributed by atoms with Crippen LogP contribution in [0.5, 0.6) is 0 Å². The molecule has 23 heavy (non-hydrogen) atoms. The molecule has 0 bridgehead atoms. The van der Waals surface area contributed by atoms with Crippen LogP contribution in [-0.4, -0.2) is 49.4 Å². The molecule has 122 valence electrons. The molecule has 1 saturated heterocycles. The zero-order chi connectivity index (χ0) is 16.6. The average molecular weight is 315 g/mol. The van der Waals surface area contributed by atoms with E-state index in [2.05, 4.69) is 15.1 Å². The highest BCUT2D eigenvalue weighted by atomic mass is 16.2. The van der Waals surface area contributed by atoms with Crippen LogP contribution in [0.4, 0.5) is 0 Å². The molecule has 3 rings (SSSR count). The highest BCUT2D eigenvalue weighted by Crippen LogP contribution is 2.24. The molecule has 0 spiro atoms. The van der Waals surface area contributed by atoms with Gasteiger partial charge in [0.05, 0.1) is 6.04 Å². The summed E-state index contributed by atoms with van der Waals surface area (Å²) in [4.78, 5) is 33.5. The van der Waals surface area contributed by atoms with Crippen molar-refractivity contribution in [3.63, 3.8) is 0 Å². The van der Waals surface area contributed by atoms with E-state index in [1.54, 1.807) is 6.33 Å². The van der Waals surface area contributed by atoms with E-state index in [0.717, 1.165) is 30.6 Å². The van der Waals surface area contributed by atoms with E-state index < -0.39 is 0 Å². The first-order chi connectivity index (χ1) is 11.0. The number of carbonyl (C=O) groups is 2. The molecule has 0 aromatic carbocycles. The standard InChI is InChI=1S/C16H21N5O2/c1-10-14(12(3)22)11(2)19-15(10)16(23)20-6-4-5-13(7-20)21-9-17-8-18-21/h8-9,13,19H,4-7H2,1-3H3. The number of aryl methyl sites for hydroxylation is 1. The zero-order valence-electron chi connectivity index (χ0n) is 13.7. The van der Waals surface area contributed by atoms with Gasteiger partial charge in [0.25, 0.3) is 5.91 Å². The number of nitrogens with one attached hydrogen (secondary N) is 1. The van der Waals surface area contributed by atoms with Crippen molar-refractivity contribution in [3.8, 4) is 0 Å². The summed E-state index contributed by atoms with van der Waals surface area (Å²) < 4.78 is 1.81. The Bertz CT molecular complexity index is 732. The highest BCUT2D eigenvalue weighted by molar-refractivity contribution is 6.02. The minimum absolute atomic E-state index is 0.0190. The second kappa shape index (κ2) is 5.98. The molecular formula is C16H21N5O2. The Morgan fingerprint density at radius 3 is 2.74 bits per heavy atom. The van der Waals surface area contributed by atoms with Gasteiger partial charge in [-0.25, -0.2) is 9.67 Å². The average Bonchev–Trinajstić information content (AvgIpc) is 3.15. The summed E-state index contributed by atoms with van der Waals surface area (Å²) in [5.41, 5.74) is 2.64. The quantitative estimate of drug-likeness (QED) is 0.877. The number of hydrogen-bond acceptors (Lipinski definition) is 4. The minimum Gasteiger partial charge on any atom is -0.354 e. The van der Waals surface area contributed by atoms with Gasteiger partial charge in [-0.15, -0.1) is 0 Å². The fourth-order valence-corrected chi connectivity index (χ4v) is 3.41. The van der Waals surface area contributed by atoms with Crippen LogP contribution in [0, 0.1) is 13.8 Å². The summed E-state index contributed by atoms with van der Waals surface area (Å²) in [6.07, 6.45) is 5.11. The number of aromatic amines is 1. The van der Waals surface area contributed by atoms with Crippen LogP contribution in [0.2, 0.25) is 0 Å². The molecule has 1 amide bonds. The molecule has 2 aromatic heterocycles. The lowest BCUT2D eigenvalue weighted by molar-refractivity contribution is 0.0666. The molecule has 1 fully saturated rings. The molecule has 1 N–H and O–H groups in total. The fourth-order valence-electron chi connectivity index (χ4n) is 3.41. The van der Waals surface area contributed by atoms with E-state index in [1.807, 2.05) is 23.4 Å². The third-order valence-corrected chi connectivity index (χ3v) is 4.50. The number of likely N-dealkylation sites (tertiary alicyclic amines) is 1. The molecule has 7 heteroatoms. The molecule has 0 aliphatic carbocycles. The second-order valence-electron chi connectivity index (χ2n) is 6.10. The highest BCUT2D eigenvalue weighted by Gasteiger charge is 2.29. The molecule has 1 unspecified atom stereocenters. The zero-order valence-corrected chi connectivity index (χ0v) is 13.7. The number of hydrogen-bond donors (Lipinski definition) is 1. The van der Waals surface area contributed by atoms with Gasteiger partial charge in [-0.2, -0.15) is 5.10 Å². The van der Waals surface area contributed by atoms with Gasteiger partial charge in [-0.3, -0.25) is 9.59 Å². The number of nitrogens with zero attached hydrogens (tertiary/aromatic N) is 4. The SMILES string of the molecule is CC(=O)c1c(C)[nH]c(C(=O)N2CCCC(n3cncn3)C2)c1C. The van der Waals surface area contributed by atoms with Gasteiger partial charge in [0.15, 0.2) is 5.78 Å². The summed E-state index contributed by atoms with van der Waals surface area (Å²) in [5, 5.41) is 4.18. The number of piperidine rings is 1. The summed E-state index contributed by atoms with van der Waals surface area (Å²) in [7, 11) is 0. The number of carbonyl (C=O) groups excluding carboxylic acids is 2. The van der Waals surface area contributed by atoms with E-state index >= 15 is 0 Å². The predicted octanol–water partition coefficient (Wildman–Crippen LogP) is 1.90. The summed E-state index contributed by atoms with van der Waals surface area (Å²) >= 11 is 0. The molecule has 1 aliphatic heterocycles. The van der Waals surface area contributed by atoms with Gasteiger partial charge in [-0.1, -0.05) is 0 Å². The van der Waals surface area contributed by atoms with Crippen molar-refractivity contribution in [3.05, 3.63) is 35.2 Å². The van der Waals surface area contributed by atoms with Crippen LogP contribution < -0.4 is 0 Å². The number of rotatable bonds is 3. The molecule has 7 nitrogen and oxygen atoms in total. The van der Waals surface area contributed by atoms with Crippen molar-refractivity contribution < 1.29 is 9.59 Å². The molecule has 3 heterocycles. The van der Waals surface area contributed by atoms with Gasteiger partial charge in [-0.05, 0) is 39.2 Å². The smallest absolute Gasteiger partial charge is 0.270 e. The number of Topliss-reactive ketones (excluding diaryl/α,β-unsaturated/α-hetero) is 1. The van der Waals surface area contributed by atoms with Crippen molar-refractivity contribution in [1.82, 2.24) is 24.6 Å². The number of aromatic nitrogens is 4. The van der Waals surface area contributed by atoms with E-state index in [-0.39, 0.29) is 17.7 Å². The number of ketones is 1. The maximum absolute atomic E-state index is 12.9. The fraction of sp³-hybridized carbons (Fsp3) is 0.500. The van der Waals surface area contributed by atoms with Crippen LogP contribution in [0.15, 0.2) is 12.7 Å². The van der Waals surface area contributed by atoms with Crippen LogP contribution in [0.25, 0.3) is 0 Å². The monoisotopic (exact) mass is 315 g/mol. The molecule has 1 aliphatic rings. The first kappa shape index (κ1) is 15.5. The Kier molecular flexibility index (Phi) is 4.02. The Labute approximate surface area is 134 Å². The van der Waals surface area contributed by atoms with Crippen LogP contribution in [0.1, 0.15) is 57.9 Å². The van der Waals surface area contributed by atoms with Gasteiger partial charge >= 0.3 is 0 Å². The summed E-state index contributed by atoms with van der Waals surface area (Å²) in [5.74, 6) is -0.0719. The molecule has 0 saturated carbocycles. The van der Waals surface area contributed by atoms with E-state index in [4.69, 9.17) is 0 Å². The van der Waals surface area contributed by atoms with Crippen molar-refractivity contribution in [2.75, 3.05) is 13.1 Å². The van der Waals surface area contributed by atoms with Crippen LogP contribution in [-0.2, 0) is 0 Å². The van der Waals surface area contributed by atoms with Crippen LogP contribution in [0.3, 0.4) is 0 Å². The largest absolute Gasteiger partial charge is 0.354 e. The molecular weight excluding hydrogens is 294 g/mol. The van der Waals surface area contributed by atoms with Crippen molar-refractivity contribution >= 4 is 11.7 Å². The third kappa shape index (κ3) is 2.78. The van der Waals surface area contributed by atoms with Crippen LogP contribution >= 0.6 is 0 Å². The van der Waals surface area contributed by atoms with Gasteiger partial charge in [0, 0.05) is 24.3 Å². The number of amides is 1. The predicted molar refractivity (Wildman–Crippen MR) is 84.5 cm³/mol. The van der Waals surface area contributed by atoms with Crippen molar-refractivity contribution in [2.45, 2.75) is 39.7 Å². The lowest BCUT2D eigenvalue weighted by Gasteiger charge is -2.32. The van der Waals surface area contributed by atoms with E-state index in [0.29, 0.717) is 17.8 Å². The maximum Gasteiger partial charge on any atom is 0.270 e. The van der Waals surface area contributed by atoms with E-state index in [9.17, 15) is 9.59 Å². The Morgan fingerprint density at radius 2 is 2.13 bits per heavy atom. The summed E-state index contributed by atoms with van der Waals surface area (Å²) in [6, 6.07) is 0.152. The van der Waals surface area contributed by atoms with Gasteiger partial charge < -0.3 is 9.88 Å². The lowest BCUT2D eigenvalue weighted by Crippen LogP contribution is -2.41. The molecule has 1 atom stereocenters. The van der Waals surface area contributed by atoms with Crippen molar-refractivity contribution in [2.24, 2.45) is 0 Å². The van der Waals surface area contributed by atoms with Crippen molar-refractivity contribution in [1.29, 1.82) is 0 Å². The Morgan fingerprint density at radius 1 is 1.35 bits per heavy atom. The number of H-pyrrole nitrogens is 1. The Hall–Kier alpha value is -2.44. The van der Waals surface area contributed by atoms with E-state index in [1.165, 1.54) is 13.3 Å². The minimum atomic E-state index is -0.0529. The normalized spacial score (nSPS) is 18.2. The Balaban J connectivity index is 1.83. The second-order valence-corrected chi connectivity index (χ2v) is 6.10. The first-order valence-corrected chi connectivity index (χ1v) is 7.82. The van der Waals surface area contributed by atoms with Gasteiger partial charge in [0.2, 0.25) is 0 Å². The third-order valence-electron chi connectivity index (χ3n) is 4.50. The lowest BCUT2D eigenvalue weighted by atomic mass is 10.0. The molecule has 2 aromatic rings.